The highest BCUT2D eigenvalue weighted by atomic mass is 16.5. The smallest absolute Gasteiger partial charge is 0.251 e. The van der Waals surface area contributed by atoms with Gasteiger partial charge in [-0.15, -0.1) is 0 Å². The predicted molar refractivity (Wildman–Crippen MR) is 104 cm³/mol. The van der Waals surface area contributed by atoms with E-state index in [1.54, 1.807) is 7.11 Å². The predicted octanol–water partition coefficient (Wildman–Crippen LogP) is 4.12. The molecule has 1 heterocycles. The minimum atomic E-state index is 0.0259. The molecule has 0 aliphatic carbocycles. The maximum atomic E-state index is 12.6. The maximum Gasteiger partial charge on any atom is 0.251 e. The van der Waals surface area contributed by atoms with Crippen LogP contribution in [0.2, 0.25) is 0 Å². The fourth-order valence-corrected chi connectivity index (χ4v) is 3.53. The van der Waals surface area contributed by atoms with Gasteiger partial charge in [-0.05, 0) is 75.0 Å². The molecule has 4 heteroatoms. The molecule has 1 aliphatic heterocycles. The first-order chi connectivity index (χ1) is 12.0. The van der Waals surface area contributed by atoms with E-state index in [0.29, 0.717) is 5.92 Å². The van der Waals surface area contributed by atoms with Crippen LogP contribution in [0.5, 0.6) is 5.75 Å². The molecule has 0 spiro atoms. The molecule has 1 aliphatic rings. The van der Waals surface area contributed by atoms with Gasteiger partial charge in [-0.1, -0.05) is 26.7 Å². The van der Waals surface area contributed by atoms with Gasteiger partial charge in [-0.2, -0.15) is 0 Å². The zero-order valence-corrected chi connectivity index (χ0v) is 16.4. The average Bonchev–Trinajstić information content (AvgIpc) is 2.86. The third kappa shape index (κ3) is 5.74. The number of hydrogen-bond acceptors (Lipinski definition) is 3. The van der Waals surface area contributed by atoms with Gasteiger partial charge in [0.25, 0.3) is 5.91 Å². The second kappa shape index (κ2) is 9.81. The molecular formula is C21H34N2O2. The highest BCUT2D eigenvalue weighted by molar-refractivity contribution is 5.96. The summed E-state index contributed by atoms with van der Waals surface area (Å²) in [6.07, 6.45) is 6.37. The molecule has 0 aromatic heterocycles. The Kier molecular flexibility index (Phi) is 7.76. The summed E-state index contributed by atoms with van der Waals surface area (Å²) in [5.74, 6) is 1.22. The van der Waals surface area contributed by atoms with Crippen LogP contribution in [-0.4, -0.2) is 44.1 Å². The fourth-order valence-electron chi connectivity index (χ4n) is 3.53. The topological polar surface area (TPSA) is 41.6 Å². The van der Waals surface area contributed by atoms with Gasteiger partial charge in [0.1, 0.15) is 5.75 Å². The van der Waals surface area contributed by atoms with Crippen LogP contribution in [0, 0.1) is 6.92 Å². The van der Waals surface area contributed by atoms with E-state index in [2.05, 4.69) is 24.1 Å². The van der Waals surface area contributed by atoms with Crippen LogP contribution in [-0.2, 0) is 0 Å². The van der Waals surface area contributed by atoms with Crippen LogP contribution >= 0.6 is 0 Å². The van der Waals surface area contributed by atoms with Crippen molar-refractivity contribution in [3.8, 4) is 5.75 Å². The molecule has 1 N–H and O–H groups in total. The molecule has 0 radical (unpaired) electrons. The van der Waals surface area contributed by atoms with Gasteiger partial charge in [0.05, 0.1) is 7.11 Å². The summed E-state index contributed by atoms with van der Waals surface area (Å²) in [5, 5.41) is 3.09. The Hall–Kier alpha value is -1.55. The summed E-state index contributed by atoms with van der Waals surface area (Å²) in [6.45, 7) is 10.5. The van der Waals surface area contributed by atoms with Gasteiger partial charge >= 0.3 is 0 Å². The zero-order valence-electron chi connectivity index (χ0n) is 16.4. The first kappa shape index (κ1) is 19.8. The van der Waals surface area contributed by atoms with Gasteiger partial charge < -0.3 is 15.0 Å². The first-order valence-corrected chi connectivity index (χ1v) is 9.72. The van der Waals surface area contributed by atoms with Crippen molar-refractivity contribution in [3.63, 3.8) is 0 Å². The number of ether oxygens (including phenoxy) is 1. The summed E-state index contributed by atoms with van der Waals surface area (Å²) >= 11 is 0. The van der Waals surface area contributed by atoms with Crippen molar-refractivity contribution >= 4 is 5.91 Å². The van der Waals surface area contributed by atoms with Gasteiger partial charge in [-0.3, -0.25) is 4.79 Å². The van der Waals surface area contributed by atoms with Crippen LogP contribution in [0.1, 0.15) is 73.4 Å². The van der Waals surface area contributed by atoms with Crippen LogP contribution < -0.4 is 10.1 Å². The number of aryl methyl sites for hydroxylation is 1. The molecule has 0 saturated carbocycles. The normalized spacial score (nSPS) is 15.9. The summed E-state index contributed by atoms with van der Waals surface area (Å²) in [7, 11) is 1.68. The third-order valence-corrected chi connectivity index (χ3v) is 5.08. The van der Waals surface area contributed by atoms with E-state index in [1.165, 1.54) is 38.8 Å². The SMILES string of the molecule is COc1cc(C)c(C(=O)NCCCN2CCCCCC2)cc1C(C)C. The number of nitrogens with zero attached hydrogens (tertiary/aromatic N) is 1. The number of hydrogen-bond donors (Lipinski definition) is 1. The minimum Gasteiger partial charge on any atom is -0.496 e. The van der Waals surface area contributed by atoms with Gasteiger partial charge in [0.15, 0.2) is 0 Å². The van der Waals surface area contributed by atoms with E-state index >= 15 is 0 Å². The molecule has 2 rings (SSSR count). The second-order valence-electron chi connectivity index (χ2n) is 7.43. The number of amides is 1. The van der Waals surface area contributed by atoms with Gasteiger partial charge in [-0.25, -0.2) is 0 Å². The molecule has 4 nitrogen and oxygen atoms in total. The molecule has 0 atom stereocenters. The summed E-state index contributed by atoms with van der Waals surface area (Å²) in [6, 6.07) is 3.96. The molecule has 140 valence electrons. The largest absolute Gasteiger partial charge is 0.496 e. The van der Waals surface area contributed by atoms with Gasteiger partial charge in [0.2, 0.25) is 0 Å². The quantitative estimate of drug-likeness (QED) is 0.755. The fraction of sp³-hybridized carbons (Fsp3) is 0.667. The number of carbonyl (C=O) groups excluding carboxylic acids is 1. The zero-order chi connectivity index (χ0) is 18.2. The van der Waals surface area contributed by atoms with Crippen molar-refractivity contribution in [2.75, 3.05) is 33.3 Å². The van der Waals surface area contributed by atoms with E-state index in [-0.39, 0.29) is 5.91 Å². The lowest BCUT2D eigenvalue weighted by Crippen LogP contribution is -2.31. The number of rotatable bonds is 7. The maximum absolute atomic E-state index is 12.6. The summed E-state index contributed by atoms with van der Waals surface area (Å²) in [4.78, 5) is 15.1. The number of nitrogens with one attached hydrogen (secondary N) is 1. The molecule has 0 unspecified atom stereocenters. The Morgan fingerprint density at radius 1 is 1.20 bits per heavy atom. The van der Waals surface area contributed by atoms with E-state index in [0.717, 1.165) is 42.0 Å². The highest BCUT2D eigenvalue weighted by Gasteiger charge is 2.16. The van der Waals surface area contributed by atoms with Crippen molar-refractivity contribution in [2.45, 2.75) is 58.8 Å². The minimum absolute atomic E-state index is 0.0259. The van der Waals surface area contributed by atoms with E-state index in [4.69, 9.17) is 4.74 Å². The van der Waals surface area contributed by atoms with Gasteiger partial charge in [0, 0.05) is 12.1 Å². The summed E-state index contributed by atoms with van der Waals surface area (Å²) < 4.78 is 5.46. The molecule has 1 aromatic carbocycles. The number of carbonyl (C=O) groups is 1. The highest BCUT2D eigenvalue weighted by Crippen LogP contribution is 2.29. The lowest BCUT2D eigenvalue weighted by molar-refractivity contribution is 0.0951. The molecule has 25 heavy (non-hydrogen) atoms. The van der Waals surface area contributed by atoms with Crippen molar-refractivity contribution in [1.82, 2.24) is 10.2 Å². The Balaban J connectivity index is 1.88. The Bertz CT molecular complexity index is 561. The average molecular weight is 347 g/mol. The number of benzene rings is 1. The molecular weight excluding hydrogens is 312 g/mol. The van der Waals surface area contributed by atoms with Crippen molar-refractivity contribution in [2.24, 2.45) is 0 Å². The molecule has 1 aromatic rings. The third-order valence-electron chi connectivity index (χ3n) is 5.08. The van der Waals surface area contributed by atoms with Crippen molar-refractivity contribution < 1.29 is 9.53 Å². The lowest BCUT2D eigenvalue weighted by Gasteiger charge is -2.20. The van der Waals surface area contributed by atoms with Crippen LogP contribution in [0.4, 0.5) is 0 Å². The molecule has 1 fully saturated rings. The number of methoxy groups -OCH3 is 1. The summed E-state index contributed by atoms with van der Waals surface area (Å²) in [5.41, 5.74) is 2.81. The Morgan fingerprint density at radius 2 is 1.88 bits per heavy atom. The number of likely N-dealkylation sites (tertiary alicyclic amines) is 1. The monoisotopic (exact) mass is 346 g/mol. The van der Waals surface area contributed by atoms with Crippen LogP contribution in [0.25, 0.3) is 0 Å². The molecule has 1 amide bonds. The lowest BCUT2D eigenvalue weighted by atomic mass is 9.96. The van der Waals surface area contributed by atoms with Crippen molar-refractivity contribution in [3.05, 3.63) is 28.8 Å². The van der Waals surface area contributed by atoms with E-state index < -0.39 is 0 Å². The molecule has 1 saturated heterocycles. The van der Waals surface area contributed by atoms with Crippen LogP contribution in [0.3, 0.4) is 0 Å². The molecule has 0 bridgehead atoms. The van der Waals surface area contributed by atoms with E-state index in [9.17, 15) is 4.79 Å². The van der Waals surface area contributed by atoms with E-state index in [1.807, 2.05) is 19.1 Å². The van der Waals surface area contributed by atoms with Crippen LogP contribution in [0.15, 0.2) is 12.1 Å². The standard InChI is InChI=1S/C21H34N2O2/c1-16(2)18-15-19(17(3)14-20(18)25-4)21(24)22-10-9-13-23-11-7-5-6-8-12-23/h14-16H,5-13H2,1-4H3,(H,22,24). The Morgan fingerprint density at radius 3 is 2.48 bits per heavy atom. The second-order valence-corrected chi connectivity index (χ2v) is 7.43. The first-order valence-electron chi connectivity index (χ1n) is 9.72. The Labute approximate surface area is 152 Å². The van der Waals surface area contributed by atoms with Crippen molar-refractivity contribution in [1.29, 1.82) is 0 Å².